The third kappa shape index (κ3) is 4.41. The molecule has 0 saturated carbocycles. The van der Waals surface area contributed by atoms with Crippen LogP contribution in [0.2, 0.25) is 0 Å². The molecule has 2 aromatic carbocycles. The van der Waals surface area contributed by atoms with E-state index in [4.69, 9.17) is 9.47 Å². The number of hydrogen-bond acceptors (Lipinski definition) is 6. The Morgan fingerprint density at radius 3 is 2.36 bits per heavy atom. The van der Waals surface area contributed by atoms with Crippen molar-refractivity contribution in [3.8, 4) is 11.5 Å². The van der Waals surface area contributed by atoms with Crippen LogP contribution in [0.25, 0.3) is 0 Å². The van der Waals surface area contributed by atoms with Crippen molar-refractivity contribution in [3.63, 3.8) is 0 Å². The lowest BCUT2D eigenvalue weighted by molar-refractivity contribution is -0.384. The van der Waals surface area contributed by atoms with Crippen LogP contribution < -0.4 is 10.1 Å². The Bertz CT molecular complexity index is 830. The molecule has 0 unspecified atom stereocenters. The lowest BCUT2D eigenvalue weighted by Gasteiger charge is -2.11. The van der Waals surface area contributed by atoms with E-state index in [-0.39, 0.29) is 16.9 Å². The van der Waals surface area contributed by atoms with Crippen molar-refractivity contribution < 1.29 is 24.0 Å². The molecular weight excluding hydrogens is 328 g/mol. The summed E-state index contributed by atoms with van der Waals surface area (Å²) in [6.45, 7) is 3.34. The zero-order valence-corrected chi connectivity index (χ0v) is 13.2. The third-order valence-electron chi connectivity index (χ3n) is 3.12. The molecule has 0 aliphatic carbocycles. The molecular formula is C17H14N2O6. The lowest BCUT2D eigenvalue weighted by Crippen LogP contribution is -2.12. The van der Waals surface area contributed by atoms with Crippen LogP contribution in [0, 0.1) is 10.1 Å². The fraction of sp³-hybridized carbons (Fsp3) is 0.0588. The largest absolute Gasteiger partial charge is 0.465 e. The molecule has 1 N–H and O–H groups in total. The van der Waals surface area contributed by atoms with Crippen LogP contribution in [0.15, 0.2) is 55.1 Å². The first kappa shape index (κ1) is 17.7. The van der Waals surface area contributed by atoms with Crippen molar-refractivity contribution in [1.29, 1.82) is 0 Å². The van der Waals surface area contributed by atoms with Gasteiger partial charge in [0.2, 0.25) is 5.91 Å². The number of ether oxygens (including phenoxy) is 2. The van der Waals surface area contributed by atoms with Crippen LogP contribution in [-0.2, 0) is 9.53 Å². The molecule has 2 aromatic rings. The second-order valence-corrected chi connectivity index (χ2v) is 4.75. The number of nitro groups is 1. The first-order chi connectivity index (χ1) is 11.9. The van der Waals surface area contributed by atoms with Crippen LogP contribution in [0.3, 0.4) is 0 Å². The fourth-order valence-electron chi connectivity index (χ4n) is 1.93. The summed E-state index contributed by atoms with van der Waals surface area (Å²) in [5.74, 6) is -0.488. The molecule has 0 aliphatic rings. The maximum atomic E-state index is 11.9. The Morgan fingerprint density at radius 1 is 1.16 bits per heavy atom. The number of carbonyl (C=O) groups excluding carboxylic acids is 2. The van der Waals surface area contributed by atoms with Crippen LogP contribution in [-0.4, -0.2) is 23.9 Å². The molecule has 0 aromatic heterocycles. The highest BCUT2D eigenvalue weighted by Gasteiger charge is 2.15. The minimum absolute atomic E-state index is 0.0647. The minimum atomic E-state index is -0.659. The van der Waals surface area contributed by atoms with E-state index in [1.807, 2.05) is 0 Å². The molecule has 8 heteroatoms. The van der Waals surface area contributed by atoms with Crippen molar-refractivity contribution >= 4 is 23.3 Å². The van der Waals surface area contributed by atoms with Gasteiger partial charge < -0.3 is 14.8 Å². The summed E-state index contributed by atoms with van der Waals surface area (Å²) in [6.07, 6.45) is 1.07. The number of carbonyl (C=O) groups is 2. The van der Waals surface area contributed by atoms with Crippen molar-refractivity contribution in [1.82, 2.24) is 0 Å². The number of nitro benzene ring substituents is 1. The molecule has 2 rings (SSSR count). The lowest BCUT2D eigenvalue weighted by atomic mass is 10.1. The van der Waals surface area contributed by atoms with Gasteiger partial charge in [-0.3, -0.25) is 14.9 Å². The third-order valence-corrected chi connectivity index (χ3v) is 3.12. The molecule has 1 amide bonds. The van der Waals surface area contributed by atoms with Gasteiger partial charge in [-0.15, -0.1) is 0 Å². The van der Waals surface area contributed by atoms with E-state index in [2.05, 4.69) is 11.9 Å². The number of nitrogens with zero attached hydrogens (tertiary/aromatic N) is 1. The SMILES string of the molecule is C=CC(=O)Nc1ccc(Oc2ccc([N+](=O)[O-])cc2)cc1C(=O)OC. The average Bonchev–Trinajstić information content (AvgIpc) is 2.62. The summed E-state index contributed by atoms with van der Waals surface area (Å²) in [6, 6.07) is 9.88. The maximum Gasteiger partial charge on any atom is 0.340 e. The van der Waals surface area contributed by atoms with Gasteiger partial charge in [0.05, 0.1) is 23.3 Å². The molecule has 128 valence electrons. The van der Waals surface area contributed by atoms with E-state index in [9.17, 15) is 19.7 Å². The Hall–Kier alpha value is -3.68. The normalized spacial score (nSPS) is 9.80. The minimum Gasteiger partial charge on any atom is -0.465 e. The summed E-state index contributed by atoms with van der Waals surface area (Å²) < 4.78 is 10.3. The monoisotopic (exact) mass is 342 g/mol. The van der Waals surface area contributed by atoms with Gasteiger partial charge in [-0.2, -0.15) is 0 Å². The number of anilines is 1. The molecule has 0 heterocycles. The van der Waals surface area contributed by atoms with Crippen LogP contribution in [0.4, 0.5) is 11.4 Å². The van der Waals surface area contributed by atoms with Gasteiger partial charge in [-0.1, -0.05) is 6.58 Å². The first-order valence-corrected chi connectivity index (χ1v) is 7.02. The van der Waals surface area contributed by atoms with Crippen LogP contribution in [0.5, 0.6) is 11.5 Å². The van der Waals surface area contributed by atoms with Crippen molar-refractivity contribution in [2.45, 2.75) is 0 Å². The summed E-state index contributed by atoms with van der Waals surface area (Å²) in [5.41, 5.74) is 0.273. The fourth-order valence-corrected chi connectivity index (χ4v) is 1.93. The zero-order valence-electron chi connectivity index (χ0n) is 13.2. The Kier molecular flexibility index (Phi) is 5.47. The van der Waals surface area contributed by atoms with E-state index in [1.165, 1.54) is 49.6 Å². The smallest absolute Gasteiger partial charge is 0.340 e. The molecule has 0 radical (unpaired) electrons. The molecule has 0 spiro atoms. The van der Waals surface area contributed by atoms with Crippen molar-refractivity contribution in [2.24, 2.45) is 0 Å². The number of amides is 1. The quantitative estimate of drug-likeness (QED) is 0.373. The van der Waals surface area contributed by atoms with E-state index in [0.29, 0.717) is 11.5 Å². The second kappa shape index (κ2) is 7.73. The molecule has 8 nitrogen and oxygen atoms in total. The number of methoxy groups -OCH3 is 1. The van der Waals surface area contributed by atoms with Gasteiger partial charge in [-0.25, -0.2) is 4.79 Å². The number of benzene rings is 2. The van der Waals surface area contributed by atoms with Gasteiger partial charge in [0, 0.05) is 12.1 Å². The second-order valence-electron chi connectivity index (χ2n) is 4.75. The van der Waals surface area contributed by atoms with Gasteiger partial charge in [-0.05, 0) is 36.4 Å². The number of non-ortho nitro benzene ring substituents is 1. The van der Waals surface area contributed by atoms with Crippen molar-refractivity contribution in [3.05, 3.63) is 70.8 Å². The topological polar surface area (TPSA) is 108 Å². The predicted molar refractivity (Wildman–Crippen MR) is 89.8 cm³/mol. The number of hydrogen-bond donors (Lipinski definition) is 1. The Morgan fingerprint density at radius 2 is 1.80 bits per heavy atom. The number of esters is 1. The van der Waals surface area contributed by atoms with E-state index < -0.39 is 16.8 Å². The average molecular weight is 342 g/mol. The van der Waals surface area contributed by atoms with E-state index in [0.717, 1.165) is 6.08 Å². The molecule has 0 aliphatic heterocycles. The maximum absolute atomic E-state index is 11.9. The summed E-state index contributed by atoms with van der Waals surface area (Å²) in [7, 11) is 1.21. The van der Waals surface area contributed by atoms with Gasteiger partial charge in [0.15, 0.2) is 0 Å². The van der Waals surface area contributed by atoms with E-state index >= 15 is 0 Å². The molecule has 25 heavy (non-hydrogen) atoms. The highest BCUT2D eigenvalue weighted by molar-refractivity contribution is 6.04. The highest BCUT2D eigenvalue weighted by atomic mass is 16.6. The van der Waals surface area contributed by atoms with E-state index in [1.54, 1.807) is 0 Å². The highest BCUT2D eigenvalue weighted by Crippen LogP contribution is 2.28. The van der Waals surface area contributed by atoms with Gasteiger partial charge >= 0.3 is 5.97 Å². The predicted octanol–water partition coefficient (Wildman–Crippen LogP) is 3.30. The summed E-state index contributed by atoms with van der Waals surface area (Å²) in [4.78, 5) is 33.5. The van der Waals surface area contributed by atoms with Crippen LogP contribution in [0.1, 0.15) is 10.4 Å². The number of rotatable bonds is 6. The Labute approximate surface area is 142 Å². The van der Waals surface area contributed by atoms with Crippen molar-refractivity contribution in [2.75, 3.05) is 12.4 Å². The zero-order chi connectivity index (χ0) is 18.4. The van der Waals surface area contributed by atoms with Gasteiger partial charge in [0.1, 0.15) is 11.5 Å². The standard InChI is InChI=1S/C17H14N2O6/c1-3-16(20)18-15-9-8-13(10-14(15)17(21)24-2)25-12-6-4-11(5-7-12)19(22)23/h3-10H,1H2,2H3,(H,18,20). The van der Waals surface area contributed by atoms with Crippen LogP contribution >= 0.6 is 0 Å². The Balaban J connectivity index is 2.29. The molecule has 0 saturated heterocycles. The van der Waals surface area contributed by atoms with Gasteiger partial charge in [0.25, 0.3) is 5.69 Å². The first-order valence-electron chi connectivity index (χ1n) is 7.02. The summed E-state index contributed by atoms with van der Waals surface area (Å²) in [5, 5.41) is 13.1. The molecule has 0 fully saturated rings. The molecule has 0 atom stereocenters. The molecule has 0 bridgehead atoms. The summed E-state index contributed by atoms with van der Waals surface area (Å²) >= 11 is 0. The number of nitrogens with one attached hydrogen (secondary N) is 1.